The minimum Gasteiger partial charge on any atom is -0.343 e. The van der Waals surface area contributed by atoms with Crippen molar-refractivity contribution in [2.24, 2.45) is 5.92 Å². The second kappa shape index (κ2) is 7.51. The van der Waals surface area contributed by atoms with E-state index in [-0.39, 0.29) is 22.4 Å². The molecule has 0 bridgehead atoms. The van der Waals surface area contributed by atoms with Gasteiger partial charge in [0.1, 0.15) is 5.82 Å². The van der Waals surface area contributed by atoms with Gasteiger partial charge in [-0.05, 0) is 49.8 Å². The standard InChI is InChI=1S/C18H22ClFN2O2/c19-14-3-4-15(16(20)12-14)18(24)22-9-5-13(6-10-22)11-17(23)21-7-1-2-8-21/h3-4,12-13H,1-2,5-11H2. The number of benzene rings is 1. The van der Waals surface area contributed by atoms with Crippen LogP contribution in [-0.2, 0) is 4.79 Å². The molecule has 0 aromatic heterocycles. The van der Waals surface area contributed by atoms with Crippen molar-refractivity contribution in [3.05, 3.63) is 34.6 Å². The molecule has 1 aromatic rings. The fraction of sp³-hybridized carbons (Fsp3) is 0.556. The second-order valence-electron chi connectivity index (χ2n) is 6.65. The largest absolute Gasteiger partial charge is 0.343 e. The summed E-state index contributed by atoms with van der Waals surface area (Å²) in [6.45, 7) is 2.90. The fourth-order valence-electron chi connectivity index (χ4n) is 3.52. The summed E-state index contributed by atoms with van der Waals surface area (Å²) in [6, 6.07) is 4.12. The van der Waals surface area contributed by atoms with Crippen molar-refractivity contribution in [2.75, 3.05) is 26.2 Å². The molecule has 3 rings (SSSR count). The van der Waals surface area contributed by atoms with Gasteiger partial charge in [-0.2, -0.15) is 0 Å². The number of halogens is 2. The molecule has 2 aliphatic rings. The van der Waals surface area contributed by atoms with Crippen molar-refractivity contribution in [3.63, 3.8) is 0 Å². The number of amides is 2. The van der Waals surface area contributed by atoms with E-state index in [1.54, 1.807) is 4.90 Å². The van der Waals surface area contributed by atoms with Crippen LogP contribution in [0.25, 0.3) is 0 Å². The molecular weight excluding hydrogens is 331 g/mol. The van der Waals surface area contributed by atoms with Gasteiger partial charge in [-0.3, -0.25) is 9.59 Å². The van der Waals surface area contributed by atoms with Crippen LogP contribution in [0, 0.1) is 11.7 Å². The molecule has 2 heterocycles. The van der Waals surface area contributed by atoms with Crippen LogP contribution in [0.15, 0.2) is 18.2 Å². The van der Waals surface area contributed by atoms with Crippen molar-refractivity contribution < 1.29 is 14.0 Å². The highest BCUT2D eigenvalue weighted by molar-refractivity contribution is 6.30. The lowest BCUT2D eigenvalue weighted by Gasteiger charge is -2.32. The number of nitrogens with zero attached hydrogens (tertiary/aromatic N) is 2. The summed E-state index contributed by atoms with van der Waals surface area (Å²) in [5.74, 6) is -0.328. The van der Waals surface area contributed by atoms with E-state index in [0.717, 1.165) is 44.8 Å². The molecular formula is C18H22ClFN2O2. The SMILES string of the molecule is O=C(CC1CCN(C(=O)c2ccc(Cl)cc2F)CC1)N1CCCC1. The molecule has 24 heavy (non-hydrogen) atoms. The Morgan fingerprint density at radius 2 is 1.75 bits per heavy atom. The maximum atomic E-state index is 13.9. The lowest BCUT2D eigenvalue weighted by Crippen LogP contribution is -2.40. The molecule has 0 saturated carbocycles. The van der Waals surface area contributed by atoms with Gasteiger partial charge < -0.3 is 9.80 Å². The first-order chi connectivity index (χ1) is 11.5. The molecule has 2 saturated heterocycles. The molecule has 0 atom stereocenters. The highest BCUT2D eigenvalue weighted by Gasteiger charge is 2.28. The Balaban J connectivity index is 1.52. The van der Waals surface area contributed by atoms with E-state index in [9.17, 15) is 14.0 Å². The van der Waals surface area contributed by atoms with Crippen LogP contribution in [0.5, 0.6) is 0 Å². The lowest BCUT2D eigenvalue weighted by molar-refractivity contribution is -0.131. The molecule has 2 amide bonds. The number of carbonyl (C=O) groups is 2. The molecule has 0 unspecified atom stereocenters. The lowest BCUT2D eigenvalue weighted by atomic mass is 9.92. The van der Waals surface area contributed by atoms with Crippen LogP contribution in [0.2, 0.25) is 5.02 Å². The monoisotopic (exact) mass is 352 g/mol. The molecule has 2 aliphatic heterocycles. The zero-order valence-electron chi connectivity index (χ0n) is 13.6. The van der Waals surface area contributed by atoms with Crippen LogP contribution < -0.4 is 0 Å². The van der Waals surface area contributed by atoms with Gasteiger partial charge >= 0.3 is 0 Å². The summed E-state index contributed by atoms with van der Waals surface area (Å²) in [4.78, 5) is 28.3. The number of carbonyl (C=O) groups excluding carboxylic acids is 2. The van der Waals surface area contributed by atoms with Crippen LogP contribution >= 0.6 is 11.6 Å². The maximum absolute atomic E-state index is 13.9. The van der Waals surface area contributed by atoms with E-state index < -0.39 is 5.82 Å². The Kier molecular flexibility index (Phi) is 5.39. The summed E-state index contributed by atoms with van der Waals surface area (Å²) in [5.41, 5.74) is 0.0611. The Labute approximate surface area is 146 Å². The van der Waals surface area contributed by atoms with Gasteiger partial charge in [0, 0.05) is 37.6 Å². The third-order valence-corrected chi connectivity index (χ3v) is 5.22. The first kappa shape index (κ1) is 17.2. The van der Waals surface area contributed by atoms with Gasteiger partial charge in [0.2, 0.25) is 5.91 Å². The van der Waals surface area contributed by atoms with Crippen LogP contribution in [-0.4, -0.2) is 47.8 Å². The summed E-state index contributed by atoms with van der Waals surface area (Å²) < 4.78 is 13.9. The summed E-state index contributed by atoms with van der Waals surface area (Å²) >= 11 is 5.73. The Morgan fingerprint density at radius 1 is 1.08 bits per heavy atom. The zero-order valence-corrected chi connectivity index (χ0v) is 14.4. The highest BCUT2D eigenvalue weighted by Crippen LogP contribution is 2.25. The first-order valence-corrected chi connectivity index (χ1v) is 8.94. The Hall–Kier alpha value is -1.62. The quantitative estimate of drug-likeness (QED) is 0.837. The zero-order chi connectivity index (χ0) is 17.1. The fourth-order valence-corrected chi connectivity index (χ4v) is 3.67. The van der Waals surface area contributed by atoms with Gasteiger partial charge in [-0.15, -0.1) is 0 Å². The van der Waals surface area contributed by atoms with E-state index in [1.807, 2.05) is 4.90 Å². The third-order valence-electron chi connectivity index (χ3n) is 4.99. The average Bonchev–Trinajstić information content (AvgIpc) is 3.09. The van der Waals surface area contributed by atoms with Crippen molar-refractivity contribution in [2.45, 2.75) is 32.1 Å². The smallest absolute Gasteiger partial charge is 0.256 e. The number of piperidine rings is 1. The Morgan fingerprint density at radius 3 is 2.38 bits per heavy atom. The normalized spacial score (nSPS) is 18.9. The molecule has 0 aliphatic carbocycles. The first-order valence-electron chi connectivity index (χ1n) is 8.56. The molecule has 0 radical (unpaired) electrons. The number of hydrogen-bond acceptors (Lipinski definition) is 2. The van der Waals surface area contributed by atoms with E-state index in [1.165, 1.54) is 12.1 Å². The second-order valence-corrected chi connectivity index (χ2v) is 7.09. The summed E-state index contributed by atoms with van der Waals surface area (Å²) in [7, 11) is 0. The van der Waals surface area contributed by atoms with E-state index in [2.05, 4.69) is 0 Å². The van der Waals surface area contributed by atoms with Gasteiger partial charge in [0.15, 0.2) is 0 Å². The molecule has 6 heteroatoms. The maximum Gasteiger partial charge on any atom is 0.256 e. The Bertz CT molecular complexity index is 623. The molecule has 1 aromatic carbocycles. The number of likely N-dealkylation sites (tertiary alicyclic amines) is 2. The highest BCUT2D eigenvalue weighted by atomic mass is 35.5. The number of hydrogen-bond donors (Lipinski definition) is 0. The average molecular weight is 353 g/mol. The van der Waals surface area contributed by atoms with Gasteiger partial charge in [-0.1, -0.05) is 11.6 Å². The molecule has 4 nitrogen and oxygen atoms in total. The minimum atomic E-state index is -0.584. The minimum absolute atomic E-state index is 0.0611. The van der Waals surface area contributed by atoms with E-state index in [4.69, 9.17) is 11.6 Å². The molecule has 130 valence electrons. The van der Waals surface area contributed by atoms with Crippen LogP contribution in [0.4, 0.5) is 4.39 Å². The van der Waals surface area contributed by atoms with Crippen LogP contribution in [0.3, 0.4) is 0 Å². The summed E-state index contributed by atoms with van der Waals surface area (Å²) in [5, 5.41) is 0.281. The summed E-state index contributed by atoms with van der Waals surface area (Å²) in [6.07, 6.45) is 4.36. The topological polar surface area (TPSA) is 40.6 Å². The van der Waals surface area contributed by atoms with Gasteiger partial charge in [0.25, 0.3) is 5.91 Å². The van der Waals surface area contributed by atoms with Gasteiger partial charge in [-0.25, -0.2) is 4.39 Å². The van der Waals surface area contributed by atoms with Crippen molar-refractivity contribution in [1.29, 1.82) is 0 Å². The number of rotatable bonds is 3. The van der Waals surface area contributed by atoms with E-state index >= 15 is 0 Å². The van der Waals surface area contributed by atoms with Crippen molar-refractivity contribution in [1.82, 2.24) is 9.80 Å². The molecule has 0 spiro atoms. The molecule has 0 N–H and O–H groups in total. The predicted molar refractivity (Wildman–Crippen MR) is 90.5 cm³/mol. The van der Waals surface area contributed by atoms with Crippen molar-refractivity contribution >= 4 is 23.4 Å². The molecule has 2 fully saturated rings. The van der Waals surface area contributed by atoms with E-state index in [0.29, 0.717) is 25.4 Å². The van der Waals surface area contributed by atoms with Crippen LogP contribution in [0.1, 0.15) is 42.5 Å². The van der Waals surface area contributed by atoms with Crippen molar-refractivity contribution in [3.8, 4) is 0 Å². The predicted octanol–water partition coefficient (Wildman–Crippen LogP) is 3.34. The third kappa shape index (κ3) is 3.89. The van der Waals surface area contributed by atoms with Gasteiger partial charge in [0.05, 0.1) is 5.56 Å².